The molecule has 0 aliphatic heterocycles. The topological polar surface area (TPSA) is 0 Å². The van der Waals surface area contributed by atoms with Crippen LogP contribution in [0.3, 0.4) is 0 Å². The summed E-state index contributed by atoms with van der Waals surface area (Å²) in [5.41, 5.74) is 0. The van der Waals surface area contributed by atoms with Crippen molar-refractivity contribution in [2.45, 2.75) is 0 Å². The first-order valence-corrected chi connectivity index (χ1v) is 4.27. The molecule has 0 amide bonds. The van der Waals surface area contributed by atoms with Crippen molar-refractivity contribution in [3.05, 3.63) is 37.5 Å². The van der Waals surface area contributed by atoms with E-state index in [1.54, 1.807) is 23.9 Å². The summed E-state index contributed by atoms with van der Waals surface area (Å²) < 4.78 is 0.841. The Hall–Kier alpha value is -0.340. The first kappa shape index (κ1) is 9.66. The molecule has 0 spiro atoms. The zero-order chi connectivity index (χ0) is 7.82. The SMILES string of the molecule is C=C/C=C/CSC(=S)C=C. The van der Waals surface area contributed by atoms with Crippen LogP contribution < -0.4 is 0 Å². The summed E-state index contributed by atoms with van der Waals surface area (Å²) in [4.78, 5) is 0. The molecule has 0 saturated carbocycles. The van der Waals surface area contributed by atoms with Gasteiger partial charge in [0.1, 0.15) is 0 Å². The van der Waals surface area contributed by atoms with Crippen molar-refractivity contribution in [2.75, 3.05) is 5.75 Å². The molecule has 0 fully saturated rings. The molecule has 0 rings (SSSR count). The Balaban J connectivity index is 3.36. The van der Waals surface area contributed by atoms with E-state index in [-0.39, 0.29) is 0 Å². The zero-order valence-corrected chi connectivity index (χ0v) is 7.38. The van der Waals surface area contributed by atoms with Crippen molar-refractivity contribution in [1.29, 1.82) is 0 Å². The van der Waals surface area contributed by atoms with Crippen LogP contribution in [0.5, 0.6) is 0 Å². The summed E-state index contributed by atoms with van der Waals surface area (Å²) in [7, 11) is 0. The fourth-order valence-electron chi connectivity index (χ4n) is 0.341. The van der Waals surface area contributed by atoms with Crippen molar-refractivity contribution in [3.63, 3.8) is 0 Å². The van der Waals surface area contributed by atoms with Gasteiger partial charge in [-0.15, -0.1) is 11.8 Å². The van der Waals surface area contributed by atoms with Crippen LogP contribution in [-0.2, 0) is 0 Å². The molecule has 0 saturated heterocycles. The number of rotatable bonds is 4. The van der Waals surface area contributed by atoms with E-state index in [0.29, 0.717) is 0 Å². The Morgan fingerprint density at radius 2 is 2.20 bits per heavy atom. The first-order valence-electron chi connectivity index (χ1n) is 2.88. The van der Waals surface area contributed by atoms with Crippen LogP contribution in [0.1, 0.15) is 0 Å². The van der Waals surface area contributed by atoms with E-state index in [4.69, 9.17) is 12.2 Å². The smallest absolute Gasteiger partial charge is 0.0702 e. The summed E-state index contributed by atoms with van der Waals surface area (Å²) >= 11 is 6.49. The van der Waals surface area contributed by atoms with Gasteiger partial charge in [-0.05, 0) is 6.08 Å². The number of thioether (sulfide) groups is 1. The highest BCUT2D eigenvalue weighted by atomic mass is 32.2. The summed E-state index contributed by atoms with van der Waals surface area (Å²) in [6.07, 6.45) is 7.34. The number of hydrogen-bond acceptors (Lipinski definition) is 2. The zero-order valence-electron chi connectivity index (χ0n) is 5.75. The van der Waals surface area contributed by atoms with Crippen molar-refractivity contribution in [2.24, 2.45) is 0 Å². The van der Waals surface area contributed by atoms with Crippen molar-refractivity contribution >= 4 is 28.2 Å². The maximum atomic E-state index is 4.89. The van der Waals surface area contributed by atoms with Gasteiger partial charge < -0.3 is 0 Å². The minimum absolute atomic E-state index is 0.841. The van der Waals surface area contributed by atoms with Gasteiger partial charge in [0.15, 0.2) is 0 Å². The Labute approximate surface area is 71.7 Å². The highest BCUT2D eigenvalue weighted by Crippen LogP contribution is 2.04. The Morgan fingerprint density at radius 1 is 1.50 bits per heavy atom. The molecule has 0 radical (unpaired) electrons. The van der Waals surface area contributed by atoms with E-state index in [2.05, 4.69) is 13.2 Å². The van der Waals surface area contributed by atoms with Crippen molar-refractivity contribution in [3.8, 4) is 0 Å². The molecule has 0 atom stereocenters. The molecule has 0 heterocycles. The van der Waals surface area contributed by atoms with E-state index in [9.17, 15) is 0 Å². The summed E-state index contributed by atoms with van der Waals surface area (Å²) in [5.74, 6) is 0.900. The molecule has 0 bridgehead atoms. The average molecular weight is 170 g/mol. The van der Waals surface area contributed by atoms with E-state index in [1.165, 1.54) is 0 Å². The maximum absolute atomic E-state index is 4.89. The van der Waals surface area contributed by atoms with Crippen molar-refractivity contribution < 1.29 is 0 Å². The molecule has 2 heteroatoms. The van der Waals surface area contributed by atoms with Crippen LogP contribution >= 0.6 is 24.0 Å². The van der Waals surface area contributed by atoms with Gasteiger partial charge in [0.05, 0.1) is 4.20 Å². The second-order valence-corrected chi connectivity index (χ2v) is 3.26. The minimum atomic E-state index is 0.841. The largest absolute Gasteiger partial charge is 0.110 e. The normalized spacial score (nSPS) is 9.60. The van der Waals surface area contributed by atoms with Crippen LogP contribution in [0.2, 0.25) is 0 Å². The van der Waals surface area contributed by atoms with Gasteiger partial charge in [-0.25, -0.2) is 0 Å². The highest BCUT2D eigenvalue weighted by Gasteiger charge is 1.85. The molecule has 0 aliphatic carbocycles. The molecule has 0 aromatic rings. The molecule has 0 N–H and O–H groups in total. The molecule has 0 nitrogen and oxygen atoms in total. The molecular formula is C8H10S2. The van der Waals surface area contributed by atoms with Crippen LogP contribution in [0.25, 0.3) is 0 Å². The lowest BCUT2D eigenvalue weighted by Gasteiger charge is -1.89. The second kappa shape index (κ2) is 6.78. The molecule has 10 heavy (non-hydrogen) atoms. The molecule has 0 aliphatic rings. The number of hydrogen-bond donors (Lipinski definition) is 0. The van der Waals surface area contributed by atoms with Crippen LogP contribution in [0, 0.1) is 0 Å². The Morgan fingerprint density at radius 3 is 2.70 bits per heavy atom. The third-order valence-electron chi connectivity index (χ3n) is 0.761. The maximum Gasteiger partial charge on any atom is 0.0702 e. The fourth-order valence-corrected chi connectivity index (χ4v) is 1.03. The predicted octanol–water partition coefficient (Wildman–Crippen LogP) is 2.98. The highest BCUT2D eigenvalue weighted by molar-refractivity contribution is 8.23. The lowest BCUT2D eigenvalue weighted by atomic mass is 10.5. The predicted molar refractivity (Wildman–Crippen MR) is 54.6 cm³/mol. The van der Waals surface area contributed by atoms with Crippen LogP contribution in [0.15, 0.2) is 37.5 Å². The van der Waals surface area contributed by atoms with E-state index in [0.717, 1.165) is 9.95 Å². The third kappa shape index (κ3) is 5.79. The number of allylic oxidation sites excluding steroid dienone is 2. The molecule has 0 aromatic heterocycles. The first-order chi connectivity index (χ1) is 4.81. The van der Waals surface area contributed by atoms with Gasteiger partial charge in [0, 0.05) is 5.75 Å². The van der Waals surface area contributed by atoms with E-state index >= 15 is 0 Å². The Kier molecular flexibility index (Phi) is 6.55. The van der Waals surface area contributed by atoms with Gasteiger partial charge >= 0.3 is 0 Å². The number of thiocarbonyl (C=S) groups is 1. The van der Waals surface area contributed by atoms with Crippen LogP contribution in [-0.4, -0.2) is 9.95 Å². The Bertz CT molecular complexity index is 157. The molecular weight excluding hydrogens is 160 g/mol. The molecule has 54 valence electrons. The second-order valence-electron chi connectivity index (χ2n) is 1.50. The van der Waals surface area contributed by atoms with Gasteiger partial charge in [-0.1, -0.05) is 43.6 Å². The third-order valence-corrected chi connectivity index (χ3v) is 2.09. The standard InChI is InChI=1S/C8H10S2/c1-3-5-6-7-10-8(9)4-2/h3-6H,1-2,7H2/b6-5+. The molecule has 0 unspecified atom stereocenters. The van der Waals surface area contributed by atoms with E-state index in [1.807, 2.05) is 12.2 Å². The van der Waals surface area contributed by atoms with Crippen molar-refractivity contribution in [1.82, 2.24) is 0 Å². The van der Waals surface area contributed by atoms with Crippen LogP contribution in [0.4, 0.5) is 0 Å². The fraction of sp³-hybridized carbons (Fsp3) is 0.125. The van der Waals surface area contributed by atoms with E-state index < -0.39 is 0 Å². The summed E-state index contributed by atoms with van der Waals surface area (Å²) in [6, 6.07) is 0. The van der Waals surface area contributed by atoms with Gasteiger partial charge in [-0.3, -0.25) is 0 Å². The quantitative estimate of drug-likeness (QED) is 0.361. The lowest BCUT2D eigenvalue weighted by Crippen LogP contribution is -1.79. The average Bonchev–Trinajstić information content (AvgIpc) is 1.98. The van der Waals surface area contributed by atoms with Gasteiger partial charge in [0.25, 0.3) is 0 Å². The summed E-state index contributed by atoms with van der Waals surface area (Å²) in [5, 5.41) is 0. The monoisotopic (exact) mass is 170 g/mol. The van der Waals surface area contributed by atoms with Gasteiger partial charge in [0.2, 0.25) is 0 Å². The summed E-state index contributed by atoms with van der Waals surface area (Å²) in [6.45, 7) is 7.10. The lowest BCUT2D eigenvalue weighted by molar-refractivity contribution is 1.78. The van der Waals surface area contributed by atoms with Gasteiger partial charge in [-0.2, -0.15) is 0 Å². The molecule has 0 aromatic carbocycles. The minimum Gasteiger partial charge on any atom is -0.110 e.